The number of fused-ring (bicyclic) bond motifs is 1. The summed E-state index contributed by atoms with van der Waals surface area (Å²) in [6, 6.07) is 10.6. The van der Waals surface area contributed by atoms with Crippen LogP contribution >= 0.6 is 0 Å². The average molecular weight is 493 g/mol. The lowest BCUT2D eigenvalue weighted by atomic mass is 9.93. The van der Waals surface area contributed by atoms with Gasteiger partial charge in [0.15, 0.2) is 0 Å². The number of H-pyrrole nitrogens is 1. The van der Waals surface area contributed by atoms with Crippen LogP contribution in [0.5, 0.6) is 0 Å². The summed E-state index contributed by atoms with van der Waals surface area (Å²) >= 11 is 0. The van der Waals surface area contributed by atoms with Crippen molar-refractivity contribution >= 4 is 11.7 Å². The number of aromatic amines is 1. The third-order valence-electron chi connectivity index (χ3n) is 6.13. The number of hydrogen-bond donors (Lipinski definition) is 2. The fraction of sp³-hybridized carbons (Fsp3) is 0.400. The molecule has 1 fully saturated rings. The van der Waals surface area contributed by atoms with E-state index in [4.69, 9.17) is 9.26 Å². The van der Waals surface area contributed by atoms with E-state index in [-0.39, 0.29) is 29.3 Å². The molecule has 1 saturated heterocycles. The predicted molar refractivity (Wildman–Crippen MR) is 129 cm³/mol. The van der Waals surface area contributed by atoms with Crippen LogP contribution in [-0.2, 0) is 4.74 Å². The highest BCUT2D eigenvalue weighted by molar-refractivity contribution is 5.71. The summed E-state index contributed by atoms with van der Waals surface area (Å²) < 4.78 is 12.6. The monoisotopic (exact) mass is 492 g/mol. The summed E-state index contributed by atoms with van der Waals surface area (Å²) in [5.74, 6) is 0.283. The van der Waals surface area contributed by atoms with Crippen molar-refractivity contribution < 1.29 is 19.2 Å². The Balaban J connectivity index is 1.39. The van der Waals surface area contributed by atoms with Gasteiger partial charge in [0, 0.05) is 25.1 Å². The van der Waals surface area contributed by atoms with Crippen LogP contribution in [-0.4, -0.2) is 59.5 Å². The number of aromatic nitrogens is 5. The smallest absolute Gasteiger partial charge is 0.410 e. The summed E-state index contributed by atoms with van der Waals surface area (Å²) in [6.45, 7) is 6.57. The Morgan fingerprint density at radius 1 is 1.22 bits per heavy atom. The van der Waals surface area contributed by atoms with Crippen molar-refractivity contribution in [3.8, 4) is 11.5 Å². The molecule has 0 spiro atoms. The minimum atomic E-state index is -1.05. The standard InChI is InChI=1S/C25H28N6O5/c1-25(2,3)35-24(34)30-11-9-15(10-12-30)18-13-19(32)27-22-17(14-26-31(18)22)23-28-21(29-36-23)20(33)16-7-5-4-6-8-16/h4-8,13-15,20,33H,9-12H2,1-3H3,(H,27,32). The molecule has 188 valence electrons. The molecule has 1 aliphatic heterocycles. The van der Waals surface area contributed by atoms with E-state index < -0.39 is 11.7 Å². The number of nitrogens with one attached hydrogen (secondary N) is 1. The molecular formula is C25H28N6O5. The van der Waals surface area contributed by atoms with Gasteiger partial charge in [-0.25, -0.2) is 9.31 Å². The lowest BCUT2D eigenvalue weighted by molar-refractivity contribution is 0.0203. The number of ether oxygens (including phenoxy) is 1. The first-order valence-corrected chi connectivity index (χ1v) is 11.9. The van der Waals surface area contributed by atoms with Gasteiger partial charge in [-0.15, -0.1) is 0 Å². The first-order valence-electron chi connectivity index (χ1n) is 11.9. The van der Waals surface area contributed by atoms with Crippen molar-refractivity contribution in [1.29, 1.82) is 0 Å². The Labute approximate surface area is 206 Å². The number of benzene rings is 1. The maximum atomic E-state index is 12.6. The number of aliphatic hydroxyl groups excluding tert-OH is 1. The van der Waals surface area contributed by atoms with Crippen molar-refractivity contribution in [3.05, 3.63) is 70.0 Å². The van der Waals surface area contributed by atoms with Gasteiger partial charge in [0.1, 0.15) is 22.9 Å². The molecule has 4 aromatic rings. The molecule has 0 aliphatic carbocycles. The van der Waals surface area contributed by atoms with Crippen molar-refractivity contribution in [3.63, 3.8) is 0 Å². The number of rotatable bonds is 4. The van der Waals surface area contributed by atoms with Gasteiger partial charge >= 0.3 is 6.09 Å². The zero-order valence-electron chi connectivity index (χ0n) is 20.3. The quantitative estimate of drug-likeness (QED) is 0.443. The summed E-state index contributed by atoms with van der Waals surface area (Å²) in [5.41, 5.74) is 1.43. The molecule has 0 radical (unpaired) electrons. The lowest BCUT2D eigenvalue weighted by Gasteiger charge is -2.33. The molecule has 3 aromatic heterocycles. The molecule has 5 rings (SSSR count). The summed E-state index contributed by atoms with van der Waals surface area (Å²) in [4.78, 5) is 33.8. The maximum absolute atomic E-state index is 12.6. The molecule has 2 N–H and O–H groups in total. The topological polar surface area (TPSA) is 139 Å². The van der Waals surface area contributed by atoms with Crippen molar-refractivity contribution in [2.24, 2.45) is 0 Å². The Morgan fingerprint density at radius 2 is 1.94 bits per heavy atom. The van der Waals surface area contributed by atoms with Gasteiger partial charge in [-0.3, -0.25) is 4.79 Å². The highest BCUT2D eigenvalue weighted by Crippen LogP contribution is 2.31. The summed E-state index contributed by atoms with van der Waals surface area (Å²) in [5, 5.41) is 19.0. The van der Waals surface area contributed by atoms with Gasteiger partial charge in [-0.1, -0.05) is 35.5 Å². The predicted octanol–water partition coefficient (Wildman–Crippen LogP) is 3.27. The second kappa shape index (κ2) is 9.23. The van der Waals surface area contributed by atoms with Gasteiger partial charge in [0.05, 0.1) is 11.9 Å². The number of nitrogens with zero attached hydrogens (tertiary/aromatic N) is 5. The molecule has 1 aromatic carbocycles. The Hall–Kier alpha value is -3.99. The summed E-state index contributed by atoms with van der Waals surface area (Å²) in [7, 11) is 0. The van der Waals surface area contributed by atoms with Crippen LogP contribution in [0.15, 0.2) is 51.9 Å². The third kappa shape index (κ3) is 4.74. The van der Waals surface area contributed by atoms with Crippen LogP contribution in [0.1, 0.15) is 62.7 Å². The highest BCUT2D eigenvalue weighted by Gasteiger charge is 2.30. The largest absolute Gasteiger partial charge is 0.444 e. The maximum Gasteiger partial charge on any atom is 0.410 e. The van der Waals surface area contributed by atoms with E-state index in [1.807, 2.05) is 39.0 Å². The normalized spacial score (nSPS) is 15.8. The number of likely N-dealkylation sites (tertiary alicyclic amines) is 1. The van der Waals surface area contributed by atoms with Gasteiger partial charge in [-0.05, 0) is 39.2 Å². The molecule has 1 unspecified atom stereocenters. The second-order valence-electron chi connectivity index (χ2n) is 9.89. The van der Waals surface area contributed by atoms with Gasteiger partial charge < -0.3 is 24.3 Å². The van der Waals surface area contributed by atoms with Crippen molar-refractivity contribution in [1.82, 2.24) is 29.6 Å². The van der Waals surface area contributed by atoms with Gasteiger partial charge in [-0.2, -0.15) is 10.1 Å². The van der Waals surface area contributed by atoms with Gasteiger partial charge in [0.25, 0.3) is 11.4 Å². The summed E-state index contributed by atoms with van der Waals surface area (Å²) in [6.07, 6.45) is 1.51. The molecule has 1 atom stereocenters. The molecule has 1 aliphatic rings. The van der Waals surface area contributed by atoms with Crippen LogP contribution in [0.25, 0.3) is 17.1 Å². The molecular weight excluding hydrogens is 464 g/mol. The number of carbonyl (C=O) groups excluding carboxylic acids is 1. The van der Waals surface area contributed by atoms with E-state index in [0.717, 1.165) is 5.69 Å². The molecule has 11 heteroatoms. The minimum Gasteiger partial charge on any atom is -0.444 e. The first-order chi connectivity index (χ1) is 17.2. The SMILES string of the molecule is CC(C)(C)OC(=O)N1CCC(c2cc(=O)[nH]c3c(-c4nc(C(O)c5ccccc5)no4)cnn23)CC1. The van der Waals surface area contributed by atoms with E-state index in [1.165, 1.54) is 6.07 Å². The first kappa shape index (κ1) is 23.7. The number of hydrogen-bond acceptors (Lipinski definition) is 8. The van der Waals surface area contributed by atoms with E-state index in [9.17, 15) is 14.7 Å². The number of amides is 1. The number of aliphatic hydroxyl groups is 1. The van der Waals surface area contributed by atoms with Crippen molar-refractivity contribution in [2.75, 3.05) is 13.1 Å². The fourth-order valence-corrected chi connectivity index (χ4v) is 4.38. The van der Waals surface area contributed by atoms with E-state index >= 15 is 0 Å². The molecule has 11 nitrogen and oxygen atoms in total. The molecule has 4 heterocycles. The Bertz CT molecular complexity index is 1430. The average Bonchev–Trinajstić information content (AvgIpc) is 3.50. The highest BCUT2D eigenvalue weighted by atomic mass is 16.6. The molecule has 36 heavy (non-hydrogen) atoms. The van der Waals surface area contributed by atoms with E-state index in [0.29, 0.717) is 42.7 Å². The number of piperidine rings is 1. The minimum absolute atomic E-state index is 0.0272. The van der Waals surface area contributed by atoms with E-state index in [1.54, 1.807) is 27.7 Å². The second-order valence-corrected chi connectivity index (χ2v) is 9.89. The zero-order chi connectivity index (χ0) is 25.4. The molecule has 0 bridgehead atoms. The van der Waals surface area contributed by atoms with Crippen LogP contribution in [0.4, 0.5) is 4.79 Å². The van der Waals surface area contributed by atoms with Crippen LogP contribution < -0.4 is 5.56 Å². The Kier molecular flexibility index (Phi) is 6.09. The van der Waals surface area contributed by atoms with Crippen LogP contribution in [0.2, 0.25) is 0 Å². The van der Waals surface area contributed by atoms with Gasteiger partial charge in [0.2, 0.25) is 5.82 Å². The fourth-order valence-electron chi connectivity index (χ4n) is 4.38. The molecule has 1 amide bonds. The molecule has 0 saturated carbocycles. The zero-order valence-corrected chi connectivity index (χ0v) is 20.3. The van der Waals surface area contributed by atoms with Crippen LogP contribution in [0.3, 0.4) is 0 Å². The van der Waals surface area contributed by atoms with E-state index in [2.05, 4.69) is 20.2 Å². The Morgan fingerprint density at radius 3 is 2.64 bits per heavy atom. The third-order valence-corrected chi connectivity index (χ3v) is 6.13. The van der Waals surface area contributed by atoms with Crippen molar-refractivity contribution in [2.45, 2.75) is 51.2 Å². The lowest BCUT2D eigenvalue weighted by Crippen LogP contribution is -2.41. The number of carbonyl (C=O) groups is 1. The van der Waals surface area contributed by atoms with Crippen LogP contribution in [0, 0.1) is 0 Å².